The van der Waals surface area contributed by atoms with Gasteiger partial charge in [-0.25, -0.2) is 0 Å². The molecule has 5 heteroatoms. The zero-order valence-electron chi connectivity index (χ0n) is 10.8. The number of aromatic nitrogens is 1. The second kappa shape index (κ2) is 5.61. The molecular weight excluding hydrogens is 256 g/mol. The SMILES string of the molecule is O=C(NCc1ccc2c(c1)OCCO2)c1cccnc1. The largest absolute Gasteiger partial charge is 0.486 e. The molecule has 0 saturated carbocycles. The molecule has 0 radical (unpaired) electrons. The molecule has 1 amide bonds. The molecule has 0 fully saturated rings. The van der Waals surface area contributed by atoms with Crippen LogP contribution in [-0.2, 0) is 6.54 Å². The maximum absolute atomic E-state index is 11.9. The van der Waals surface area contributed by atoms with E-state index in [1.165, 1.54) is 0 Å². The summed E-state index contributed by atoms with van der Waals surface area (Å²) in [5.74, 6) is 1.33. The van der Waals surface area contributed by atoms with E-state index in [0.717, 1.165) is 17.1 Å². The van der Waals surface area contributed by atoms with Crippen LogP contribution in [0.2, 0.25) is 0 Å². The van der Waals surface area contributed by atoms with Crippen molar-refractivity contribution in [1.29, 1.82) is 0 Å². The number of hydrogen-bond acceptors (Lipinski definition) is 4. The number of ether oxygens (including phenoxy) is 2. The predicted octanol–water partition coefficient (Wildman–Crippen LogP) is 1.78. The summed E-state index contributed by atoms with van der Waals surface area (Å²) in [6.07, 6.45) is 3.18. The Morgan fingerprint density at radius 2 is 2.05 bits per heavy atom. The van der Waals surface area contributed by atoms with Crippen molar-refractivity contribution in [3.05, 3.63) is 53.9 Å². The van der Waals surface area contributed by atoms with E-state index in [-0.39, 0.29) is 5.91 Å². The molecule has 5 nitrogen and oxygen atoms in total. The van der Waals surface area contributed by atoms with E-state index in [2.05, 4.69) is 10.3 Å². The normalized spacial score (nSPS) is 12.8. The van der Waals surface area contributed by atoms with Crippen molar-refractivity contribution in [3.63, 3.8) is 0 Å². The summed E-state index contributed by atoms with van der Waals surface area (Å²) in [6.45, 7) is 1.56. The van der Waals surface area contributed by atoms with Gasteiger partial charge in [-0.1, -0.05) is 6.07 Å². The first-order valence-corrected chi connectivity index (χ1v) is 6.40. The number of fused-ring (bicyclic) bond motifs is 1. The lowest BCUT2D eigenvalue weighted by molar-refractivity contribution is 0.0950. The van der Waals surface area contributed by atoms with E-state index >= 15 is 0 Å². The van der Waals surface area contributed by atoms with Crippen molar-refractivity contribution in [2.45, 2.75) is 6.54 Å². The maximum atomic E-state index is 11.9. The van der Waals surface area contributed by atoms with Gasteiger partial charge < -0.3 is 14.8 Å². The van der Waals surface area contributed by atoms with Crippen LogP contribution in [-0.4, -0.2) is 24.1 Å². The fourth-order valence-electron chi connectivity index (χ4n) is 1.98. The number of pyridine rings is 1. The van der Waals surface area contributed by atoms with Crippen molar-refractivity contribution in [2.24, 2.45) is 0 Å². The molecule has 0 unspecified atom stereocenters. The molecule has 2 aromatic rings. The molecule has 20 heavy (non-hydrogen) atoms. The third-order valence-corrected chi connectivity index (χ3v) is 2.98. The third kappa shape index (κ3) is 2.71. The Morgan fingerprint density at radius 3 is 2.85 bits per heavy atom. The van der Waals surface area contributed by atoms with Crippen LogP contribution in [0.3, 0.4) is 0 Å². The maximum Gasteiger partial charge on any atom is 0.253 e. The Hall–Kier alpha value is -2.56. The highest BCUT2D eigenvalue weighted by atomic mass is 16.6. The molecular formula is C15H14N2O3. The standard InChI is InChI=1S/C15H14N2O3/c18-15(12-2-1-5-16-10-12)17-9-11-3-4-13-14(8-11)20-7-6-19-13/h1-5,8,10H,6-7,9H2,(H,17,18). The smallest absolute Gasteiger partial charge is 0.253 e. The van der Waals surface area contributed by atoms with Crippen LogP contribution in [0.1, 0.15) is 15.9 Å². The highest BCUT2D eigenvalue weighted by Gasteiger charge is 2.12. The average molecular weight is 270 g/mol. The lowest BCUT2D eigenvalue weighted by Crippen LogP contribution is -2.23. The van der Waals surface area contributed by atoms with Gasteiger partial charge in [0.25, 0.3) is 5.91 Å². The summed E-state index contributed by atoms with van der Waals surface area (Å²) < 4.78 is 11.0. The van der Waals surface area contributed by atoms with Crippen LogP contribution in [0.5, 0.6) is 11.5 Å². The first-order valence-electron chi connectivity index (χ1n) is 6.40. The van der Waals surface area contributed by atoms with Crippen molar-refractivity contribution < 1.29 is 14.3 Å². The van der Waals surface area contributed by atoms with Gasteiger partial charge in [0.1, 0.15) is 13.2 Å². The topological polar surface area (TPSA) is 60.5 Å². The van der Waals surface area contributed by atoms with Crippen molar-refractivity contribution >= 4 is 5.91 Å². The molecule has 102 valence electrons. The van der Waals surface area contributed by atoms with E-state index < -0.39 is 0 Å². The van der Waals surface area contributed by atoms with Gasteiger partial charge in [0.15, 0.2) is 11.5 Å². The van der Waals surface area contributed by atoms with Crippen LogP contribution in [0.15, 0.2) is 42.7 Å². The van der Waals surface area contributed by atoms with Crippen molar-refractivity contribution in [1.82, 2.24) is 10.3 Å². The number of carbonyl (C=O) groups excluding carboxylic acids is 1. The number of benzene rings is 1. The molecule has 0 saturated heterocycles. The second-order valence-corrected chi connectivity index (χ2v) is 4.40. The number of nitrogens with one attached hydrogen (secondary N) is 1. The minimum atomic E-state index is -0.145. The monoisotopic (exact) mass is 270 g/mol. The lowest BCUT2D eigenvalue weighted by Gasteiger charge is -2.18. The van der Waals surface area contributed by atoms with Crippen LogP contribution in [0.25, 0.3) is 0 Å². The Morgan fingerprint density at radius 1 is 1.20 bits per heavy atom. The molecule has 0 spiro atoms. The van der Waals surface area contributed by atoms with Crippen LogP contribution >= 0.6 is 0 Å². The molecule has 1 N–H and O–H groups in total. The van der Waals surface area contributed by atoms with Gasteiger partial charge >= 0.3 is 0 Å². The van der Waals surface area contributed by atoms with Crippen molar-refractivity contribution in [2.75, 3.05) is 13.2 Å². The van der Waals surface area contributed by atoms with Gasteiger partial charge in [-0.3, -0.25) is 9.78 Å². The summed E-state index contributed by atoms with van der Waals surface area (Å²) in [4.78, 5) is 15.8. The van der Waals surface area contributed by atoms with Gasteiger partial charge in [-0.15, -0.1) is 0 Å². The minimum absolute atomic E-state index is 0.145. The predicted molar refractivity (Wildman–Crippen MR) is 72.8 cm³/mol. The number of hydrogen-bond donors (Lipinski definition) is 1. The summed E-state index contributed by atoms with van der Waals surface area (Å²) in [6, 6.07) is 9.13. The van der Waals surface area contributed by atoms with Crippen LogP contribution in [0, 0.1) is 0 Å². The van der Waals surface area contributed by atoms with Gasteiger partial charge in [-0.2, -0.15) is 0 Å². The average Bonchev–Trinajstić information content (AvgIpc) is 2.53. The highest BCUT2D eigenvalue weighted by molar-refractivity contribution is 5.93. The van der Waals surface area contributed by atoms with Crippen molar-refractivity contribution in [3.8, 4) is 11.5 Å². The number of nitrogens with zero attached hydrogens (tertiary/aromatic N) is 1. The Labute approximate surface area is 116 Å². The Kier molecular flexibility index (Phi) is 3.50. The highest BCUT2D eigenvalue weighted by Crippen LogP contribution is 2.30. The summed E-state index contributed by atoms with van der Waals surface area (Å²) >= 11 is 0. The van der Waals surface area contributed by atoms with E-state index in [1.54, 1.807) is 24.5 Å². The summed E-state index contributed by atoms with van der Waals surface area (Å²) in [5, 5.41) is 2.85. The van der Waals surface area contributed by atoms with E-state index in [4.69, 9.17) is 9.47 Å². The Bertz CT molecular complexity index is 614. The molecule has 0 aliphatic carbocycles. The molecule has 1 aliphatic heterocycles. The molecule has 1 aliphatic rings. The van der Waals surface area contributed by atoms with Gasteiger partial charge in [0.05, 0.1) is 5.56 Å². The molecule has 0 atom stereocenters. The van der Waals surface area contributed by atoms with Gasteiger partial charge in [0.2, 0.25) is 0 Å². The third-order valence-electron chi connectivity index (χ3n) is 2.98. The molecule has 3 rings (SSSR count). The zero-order chi connectivity index (χ0) is 13.8. The zero-order valence-corrected chi connectivity index (χ0v) is 10.8. The molecule has 0 bridgehead atoms. The Balaban J connectivity index is 1.65. The molecule has 2 heterocycles. The molecule has 1 aromatic heterocycles. The second-order valence-electron chi connectivity index (χ2n) is 4.40. The van der Waals surface area contributed by atoms with Crippen LogP contribution in [0.4, 0.5) is 0 Å². The van der Waals surface area contributed by atoms with Gasteiger partial charge in [0, 0.05) is 18.9 Å². The first-order chi connectivity index (χ1) is 9.83. The van der Waals surface area contributed by atoms with E-state index in [9.17, 15) is 4.79 Å². The quantitative estimate of drug-likeness (QED) is 0.923. The summed E-state index contributed by atoms with van der Waals surface area (Å²) in [7, 11) is 0. The number of rotatable bonds is 3. The summed E-state index contributed by atoms with van der Waals surface area (Å²) in [5.41, 5.74) is 1.51. The van der Waals surface area contributed by atoms with Gasteiger partial charge in [-0.05, 0) is 29.8 Å². The fourth-order valence-corrected chi connectivity index (χ4v) is 1.98. The van der Waals surface area contributed by atoms with E-state index in [1.807, 2.05) is 18.2 Å². The first kappa shape index (κ1) is 12.5. The molecule has 1 aromatic carbocycles. The lowest BCUT2D eigenvalue weighted by atomic mass is 10.2. The number of carbonyl (C=O) groups is 1. The van der Waals surface area contributed by atoms with Crippen LogP contribution < -0.4 is 14.8 Å². The fraction of sp³-hybridized carbons (Fsp3) is 0.200. The minimum Gasteiger partial charge on any atom is -0.486 e. The number of amides is 1. The van der Waals surface area contributed by atoms with E-state index in [0.29, 0.717) is 25.3 Å².